The number of carbonyl (C=O) groups is 1. The molecule has 0 aliphatic heterocycles. The van der Waals surface area contributed by atoms with E-state index in [1.54, 1.807) is 38.1 Å². The number of ether oxygens (including phenoxy) is 1. The van der Waals surface area contributed by atoms with E-state index < -0.39 is 6.10 Å². The molecule has 1 heterocycles. The third-order valence-corrected chi connectivity index (χ3v) is 3.19. The average molecular weight is 315 g/mol. The van der Waals surface area contributed by atoms with E-state index in [0.29, 0.717) is 27.4 Å². The Hall–Kier alpha value is -1.72. The first-order valence-corrected chi connectivity index (χ1v) is 6.57. The van der Waals surface area contributed by atoms with Crippen LogP contribution in [0.3, 0.4) is 0 Å². The van der Waals surface area contributed by atoms with Crippen LogP contribution in [0.2, 0.25) is 10.0 Å². The summed E-state index contributed by atoms with van der Waals surface area (Å²) in [6.45, 7) is 3.35. The number of nitrogens with one attached hydrogen (secondary N) is 1. The first-order chi connectivity index (χ1) is 9.45. The van der Waals surface area contributed by atoms with E-state index in [9.17, 15) is 4.79 Å². The van der Waals surface area contributed by atoms with Crippen molar-refractivity contribution in [1.29, 1.82) is 0 Å². The van der Waals surface area contributed by atoms with Crippen LogP contribution >= 0.6 is 23.2 Å². The molecule has 106 valence electrons. The Morgan fingerprint density at radius 2 is 2.10 bits per heavy atom. The molecule has 0 unspecified atom stereocenters. The minimum absolute atomic E-state index is 0.343. The second kappa shape index (κ2) is 6.15. The minimum Gasteiger partial charge on any atom is -0.481 e. The van der Waals surface area contributed by atoms with Crippen LogP contribution < -0.4 is 10.1 Å². The van der Waals surface area contributed by atoms with E-state index in [1.807, 2.05) is 0 Å². The molecule has 1 aromatic heterocycles. The van der Waals surface area contributed by atoms with Gasteiger partial charge in [-0.1, -0.05) is 28.4 Å². The van der Waals surface area contributed by atoms with Gasteiger partial charge in [-0.15, -0.1) is 0 Å². The van der Waals surface area contributed by atoms with Gasteiger partial charge in [0.25, 0.3) is 5.91 Å². The maximum absolute atomic E-state index is 11.9. The maximum Gasteiger partial charge on any atom is 0.266 e. The molecule has 20 heavy (non-hydrogen) atoms. The molecule has 0 radical (unpaired) electrons. The standard InChI is InChI=1S/C13H12Cl2N2O3/c1-7-5-12(17-20-7)16-13(18)8(2)19-9-3-4-10(14)11(15)6-9/h3-6,8H,1-2H3,(H,16,17,18)/t8-/m1/s1. The number of anilines is 1. The molecule has 0 aliphatic carbocycles. The molecule has 0 fully saturated rings. The van der Waals surface area contributed by atoms with E-state index in [2.05, 4.69) is 10.5 Å². The fourth-order valence-corrected chi connectivity index (χ4v) is 1.75. The molecule has 1 aromatic carbocycles. The highest BCUT2D eigenvalue weighted by atomic mass is 35.5. The van der Waals surface area contributed by atoms with E-state index in [0.717, 1.165) is 0 Å². The lowest BCUT2D eigenvalue weighted by Crippen LogP contribution is -2.30. The Labute approximate surface area is 125 Å². The maximum atomic E-state index is 11.9. The van der Waals surface area contributed by atoms with Gasteiger partial charge in [0.15, 0.2) is 11.9 Å². The quantitative estimate of drug-likeness (QED) is 0.934. The summed E-state index contributed by atoms with van der Waals surface area (Å²) in [6.07, 6.45) is -0.718. The van der Waals surface area contributed by atoms with Crippen molar-refractivity contribution in [3.05, 3.63) is 40.1 Å². The van der Waals surface area contributed by atoms with Crippen LogP contribution in [0.25, 0.3) is 0 Å². The fraction of sp³-hybridized carbons (Fsp3) is 0.231. The molecule has 0 saturated heterocycles. The number of hydrogen-bond donors (Lipinski definition) is 1. The van der Waals surface area contributed by atoms with Crippen molar-refractivity contribution in [2.24, 2.45) is 0 Å². The van der Waals surface area contributed by atoms with Gasteiger partial charge < -0.3 is 14.6 Å². The highest BCUT2D eigenvalue weighted by molar-refractivity contribution is 6.42. The molecule has 5 nitrogen and oxygen atoms in total. The van der Waals surface area contributed by atoms with E-state index in [1.165, 1.54) is 0 Å². The zero-order chi connectivity index (χ0) is 14.7. The molecule has 0 aliphatic rings. The third-order valence-electron chi connectivity index (χ3n) is 2.45. The Morgan fingerprint density at radius 1 is 1.35 bits per heavy atom. The van der Waals surface area contributed by atoms with Crippen LogP contribution in [0, 0.1) is 6.92 Å². The van der Waals surface area contributed by atoms with Gasteiger partial charge in [-0.25, -0.2) is 0 Å². The van der Waals surface area contributed by atoms with Crippen LogP contribution in [0.4, 0.5) is 5.82 Å². The predicted molar refractivity (Wildman–Crippen MR) is 76.4 cm³/mol. The summed E-state index contributed by atoms with van der Waals surface area (Å²) in [6, 6.07) is 6.40. The molecule has 2 aromatic rings. The molecule has 1 amide bonds. The SMILES string of the molecule is Cc1cc(NC(=O)[C@@H](C)Oc2ccc(Cl)c(Cl)c2)no1. The Kier molecular flexibility index (Phi) is 4.52. The summed E-state index contributed by atoms with van der Waals surface area (Å²) >= 11 is 11.7. The first-order valence-electron chi connectivity index (χ1n) is 5.81. The van der Waals surface area contributed by atoms with Gasteiger partial charge in [0.2, 0.25) is 0 Å². The van der Waals surface area contributed by atoms with Crippen LogP contribution in [-0.2, 0) is 4.79 Å². The Balaban J connectivity index is 1.98. The zero-order valence-electron chi connectivity index (χ0n) is 10.8. The summed E-state index contributed by atoms with van der Waals surface area (Å²) in [4.78, 5) is 11.9. The number of amides is 1. The summed E-state index contributed by atoms with van der Waals surface area (Å²) < 4.78 is 10.3. The largest absolute Gasteiger partial charge is 0.481 e. The minimum atomic E-state index is -0.718. The highest BCUT2D eigenvalue weighted by Crippen LogP contribution is 2.26. The van der Waals surface area contributed by atoms with Crippen LogP contribution in [0.15, 0.2) is 28.8 Å². The second-order valence-corrected chi connectivity index (χ2v) is 4.96. The Morgan fingerprint density at radius 3 is 2.70 bits per heavy atom. The molecule has 0 bridgehead atoms. The fourth-order valence-electron chi connectivity index (χ4n) is 1.46. The number of benzene rings is 1. The molecule has 2 rings (SSSR count). The Bertz CT molecular complexity index is 628. The van der Waals surface area contributed by atoms with Gasteiger partial charge in [0.1, 0.15) is 11.5 Å². The van der Waals surface area contributed by atoms with Gasteiger partial charge in [-0.05, 0) is 26.0 Å². The number of aryl methyl sites for hydroxylation is 1. The molecule has 0 spiro atoms. The summed E-state index contributed by atoms with van der Waals surface area (Å²) in [7, 11) is 0. The number of halogens is 2. The van der Waals surface area contributed by atoms with Gasteiger partial charge in [0, 0.05) is 12.1 Å². The monoisotopic (exact) mass is 314 g/mol. The van der Waals surface area contributed by atoms with Gasteiger partial charge in [-0.2, -0.15) is 0 Å². The molecule has 7 heteroatoms. The third kappa shape index (κ3) is 3.65. The smallest absolute Gasteiger partial charge is 0.266 e. The number of aromatic nitrogens is 1. The molecular weight excluding hydrogens is 303 g/mol. The van der Waals surface area contributed by atoms with Crippen molar-refractivity contribution < 1.29 is 14.1 Å². The molecule has 0 saturated carbocycles. The van der Waals surface area contributed by atoms with Crippen molar-refractivity contribution in [3.63, 3.8) is 0 Å². The van der Waals surface area contributed by atoms with Gasteiger partial charge >= 0.3 is 0 Å². The highest BCUT2D eigenvalue weighted by Gasteiger charge is 2.16. The van der Waals surface area contributed by atoms with E-state index in [4.69, 9.17) is 32.5 Å². The van der Waals surface area contributed by atoms with Crippen molar-refractivity contribution >= 4 is 34.9 Å². The van der Waals surface area contributed by atoms with Gasteiger partial charge in [0.05, 0.1) is 10.0 Å². The first kappa shape index (κ1) is 14.7. The van der Waals surface area contributed by atoms with Crippen molar-refractivity contribution in [2.45, 2.75) is 20.0 Å². The second-order valence-electron chi connectivity index (χ2n) is 4.15. The van der Waals surface area contributed by atoms with E-state index >= 15 is 0 Å². The molecule has 1 N–H and O–H groups in total. The summed E-state index contributed by atoms with van der Waals surface area (Å²) in [5, 5.41) is 7.04. The number of carbonyl (C=O) groups excluding carboxylic acids is 1. The van der Waals surface area contributed by atoms with Crippen molar-refractivity contribution in [2.75, 3.05) is 5.32 Å². The van der Waals surface area contributed by atoms with Gasteiger partial charge in [-0.3, -0.25) is 4.79 Å². The van der Waals surface area contributed by atoms with E-state index in [-0.39, 0.29) is 5.91 Å². The normalized spacial score (nSPS) is 12.0. The van der Waals surface area contributed by atoms with Crippen LogP contribution in [-0.4, -0.2) is 17.2 Å². The topological polar surface area (TPSA) is 64.4 Å². The zero-order valence-corrected chi connectivity index (χ0v) is 12.3. The van der Waals surface area contributed by atoms with Crippen LogP contribution in [0.1, 0.15) is 12.7 Å². The molecular formula is C13H12Cl2N2O3. The van der Waals surface area contributed by atoms with Crippen LogP contribution in [0.5, 0.6) is 5.75 Å². The summed E-state index contributed by atoms with van der Waals surface area (Å²) in [5.74, 6) is 1.07. The van der Waals surface area contributed by atoms with Crippen molar-refractivity contribution in [3.8, 4) is 5.75 Å². The lowest BCUT2D eigenvalue weighted by atomic mass is 10.3. The lowest BCUT2D eigenvalue weighted by Gasteiger charge is -2.14. The lowest BCUT2D eigenvalue weighted by molar-refractivity contribution is -0.122. The number of rotatable bonds is 4. The number of hydrogen-bond acceptors (Lipinski definition) is 4. The number of nitrogens with zero attached hydrogens (tertiary/aromatic N) is 1. The molecule has 1 atom stereocenters. The van der Waals surface area contributed by atoms with Crippen molar-refractivity contribution in [1.82, 2.24) is 5.16 Å². The average Bonchev–Trinajstić information content (AvgIpc) is 2.79. The summed E-state index contributed by atoms with van der Waals surface area (Å²) in [5.41, 5.74) is 0. The predicted octanol–water partition coefficient (Wildman–Crippen LogP) is 3.70.